The van der Waals surface area contributed by atoms with E-state index in [1.165, 1.54) is 44.9 Å². The van der Waals surface area contributed by atoms with Gasteiger partial charge in [0.1, 0.15) is 0 Å². The number of carbonyl (C=O) groups excluding carboxylic acids is 1. The molecule has 0 heterocycles. The first-order chi connectivity index (χ1) is 9.31. The van der Waals surface area contributed by atoms with Crippen LogP contribution in [0.1, 0.15) is 64.7 Å². The monoisotopic (exact) mass is 290 g/mol. The predicted octanol–water partition coefficient (Wildman–Crippen LogP) is 3.79. The highest BCUT2D eigenvalue weighted by molar-refractivity contribution is 7.99. The highest BCUT2D eigenvalue weighted by atomic mass is 32.2. The first-order valence-corrected chi connectivity index (χ1v) is 8.81. The number of esters is 1. The van der Waals surface area contributed by atoms with Gasteiger partial charge in [0.15, 0.2) is 0 Å². The number of rotatable bonds is 14. The van der Waals surface area contributed by atoms with Gasteiger partial charge in [-0.15, -0.1) is 0 Å². The first kappa shape index (κ1) is 18.8. The zero-order valence-electron chi connectivity index (χ0n) is 12.4. The fourth-order valence-electron chi connectivity index (χ4n) is 1.82. The maximum atomic E-state index is 11.3. The number of thioether (sulfide) groups is 1. The van der Waals surface area contributed by atoms with E-state index in [0.717, 1.165) is 12.2 Å². The van der Waals surface area contributed by atoms with Gasteiger partial charge in [-0.3, -0.25) is 4.79 Å². The van der Waals surface area contributed by atoms with Gasteiger partial charge < -0.3 is 9.84 Å². The molecular formula is C15H30O3S. The second-order valence-electron chi connectivity index (χ2n) is 4.78. The van der Waals surface area contributed by atoms with Crippen molar-refractivity contribution in [2.45, 2.75) is 64.7 Å². The Morgan fingerprint density at radius 2 is 1.63 bits per heavy atom. The van der Waals surface area contributed by atoms with Crippen molar-refractivity contribution in [3.05, 3.63) is 0 Å². The van der Waals surface area contributed by atoms with Crippen LogP contribution in [0.3, 0.4) is 0 Å². The van der Waals surface area contributed by atoms with Crippen LogP contribution in [0.5, 0.6) is 0 Å². The summed E-state index contributed by atoms with van der Waals surface area (Å²) in [6.07, 6.45) is 10.5. The van der Waals surface area contributed by atoms with Crippen molar-refractivity contribution < 1.29 is 14.6 Å². The molecule has 0 fully saturated rings. The molecule has 0 saturated carbocycles. The maximum absolute atomic E-state index is 11.3. The summed E-state index contributed by atoms with van der Waals surface area (Å²) in [5, 5.41) is 8.59. The third-order valence-electron chi connectivity index (χ3n) is 2.95. The first-order valence-electron chi connectivity index (χ1n) is 7.65. The quantitative estimate of drug-likeness (QED) is 0.390. The Bertz CT molecular complexity index is 198. The van der Waals surface area contributed by atoms with Crippen LogP contribution >= 0.6 is 11.8 Å². The Kier molecular flexibility index (Phi) is 15.7. The molecule has 4 heteroatoms. The molecule has 0 spiro atoms. The van der Waals surface area contributed by atoms with Gasteiger partial charge >= 0.3 is 5.97 Å². The van der Waals surface area contributed by atoms with E-state index in [0.29, 0.717) is 18.8 Å². The Morgan fingerprint density at radius 1 is 1.00 bits per heavy atom. The lowest BCUT2D eigenvalue weighted by molar-refractivity contribution is -0.143. The van der Waals surface area contributed by atoms with Crippen molar-refractivity contribution >= 4 is 17.7 Å². The van der Waals surface area contributed by atoms with Crippen LogP contribution in [0.15, 0.2) is 0 Å². The normalized spacial score (nSPS) is 10.6. The summed E-state index contributed by atoms with van der Waals surface area (Å²) in [6.45, 7) is 2.98. The van der Waals surface area contributed by atoms with E-state index >= 15 is 0 Å². The van der Waals surface area contributed by atoms with Crippen molar-refractivity contribution in [3.8, 4) is 0 Å². The predicted molar refractivity (Wildman–Crippen MR) is 82.6 cm³/mol. The van der Waals surface area contributed by atoms with Crippen molar-refractivity contribution in [3.63, 3.8) is 0 Å². The molecular weight excluding hydrogens is 260 g/mol. The van der Waals surface area contributed by atoms with E-state index in [1.54, 1.807) is 11.8 Å². The Labute approximate surface area is 122 Å². The van der Waals surface area contributed by atoms with Crippen LogP contribution in [0, 0.1) is 0 Å². The van der Waals surface area contributed by atoms with E-state index in [9.17, 15) is 4.79 Å². The van der Waals surface area contributed by atoms with Gasteiger partial charge in [0, 0.05) is 11.5 Å². The molecule has 0 unspecified atom stereocenters. The third-order valence-corrected chi connectivity index (χ3v) is 3.91. The van der Waals surface area contributed by atoms with Gasteiger partial charge in [-0.1, -0.05) is 51.9 Å². The second-order valence-corrected chi connectivity index (χ2v) is 6.01. The molecule has 0 bridgehead atoms. The zero-order chi connectivity index (χ0) is 14.2. The largest absolute Gasteiger partial charge is 0.466 e. The van der Waals surface area contributed by atoms with Gasteiger partial charge in [0.2, 0.25) is 0 Å². The highest BCUT2D eigenvalue weighted by Crippen LogP contribution is 2.08. The van der Waals surface area contributed by atoms with Gasteiger partial charge in [0.25, 0.3) is 0 Å². The smallest absolute Gasteiger partial charge is 0.306 e. The molecule has 0 aromatic carbocycles. The number of aliphatic hydroxyl groups excluding tert-OH is 1. The van der Waals surface area contributed by atoms with Crippen LogP contribution in [-0.2, 0) is 9.53 Å². The van der Waals surface area contributed by atoms with Gasteiger partial charge in [-0.05, 0) is 6.42 Å². The number of aliphatic hydroxyl groups is 1. The van der Waals surface area contributed by atoms with E-state index < -0.39 is 0 Å². The SMILES string of the molecule is CCCCCCCCCCOC(=O)CCSCCO. The minimum atomic E-state index is -0.103. The lowest BCUT2D eigenvalue weighted by atomic mass is 10.1. The molecule has 1 N–H and O–H groups in total. The molecule has 19 heavy (non-hydrogen) atoms. The summed E-state index contributed by atoms with van der Waals surface area (Å²) in [4.78, 5) is 11.3. The molecule has 3 nitrogen and oxygen atoms in total. The highest BCUT2D eigenvalue weighted by Gasteiger charge is 2.02. The standard InChI is InChI=1S/C15H30O3S/c1-2-3-4-5-6-7-8-9-12-18-15(17)10-13-19-14-11-16/h16H,2-14H2,1H3. The molecule has 0 rings (SSSR count). The molecule has 0 aromatic rings. The van der Waals surface area contributed by atoms with Crippen LogP contribution in [-0.4, -0.2) is 35.8 Å². The summed E-state index contributed by atoms with van der Waals surface area (Å²) < 4.78 is 5.15. The molecule has 0 aromatic heterocycles. The summed E-state index contributed by atoms with van der Waals surface area (Å²) in [7, 11) is 0. The number of unbranched alkanes of at least 4 members (excludes halogenated alkanes) is 7. The van der Waals surface area contributed by atoms with Crippen LogP contribution in [0.2, 0.25) is 0 Å². The van der Waals surface area contributed by atoms with E-state index in [2.05, 4.69) is 6.92 Å². The molecule has 0 saturated heterocycles. The minimum absolute atomic E-state index is 0.103. The topological polar surface area (TPSA) is 46.5 Å². The summed E-state index contributed by atoms with van der Waals surface area (Å²) in [5.74, 6) is 1.34. The van der Waals surface area contributed by atoms with Crippen LogP contribution < -0.4 is 0 Å². The molecule has 0 amide bonds. The number of hydrogen-bond donors (Lipinski definition) is 1. The van der Waals surface area contributed by atoms with Crippen LogP contribution in [0.25, 0.3) is 0 Å². The van der Waals surface area contributed by atoms with Crippen molar-refractivity contribution in [1.82, 2.24) is 0 Å². The fourth-order valence-corrected chi connectivity index (χ4v) is 2.46. The number of hydrogen-bond acceptors (Lipinski definition) is 4. The van der Waals surface area contributed by atoms with Gasteiger partial charge in [0.05, 0.1) is 19.6 Å². The maximum Gasteiger partial charge on any atom is 0.306 e. The summed E-state index contributed by atoms with van der Waals surface area (Å²) >= 11 is 1.59. The summed E-state index contributed by atoms with van der Waals surface area (Å²) in [6, 6.07) is 0. The number of carbonyl (C=O) groups is 1. The second kappa shape index (κ2) is 15.8. The molecule has 0 aliphatic heterocycles. The van der Waals surface area contributed by atoms with E-state index in [-0.39, 0.29) is 12.6 Å². The molecule has 0 aliphatic carbocycles. The fraction of sp³-hybridized carbons (Fsp3) is 0.933. The average molecular weight is 290 g/mol. The average Bonchev–Trinajstić information content (AvgIpc) is 2.42. The minimum Gasteiger partial charge on any atom is -0.466 e. The molecule has 0 aliphatic rings. The molecule has 114 valence electrons. The Balaban J connectivity index is 3.10. The van der Waals surface area contributed by atoms with Crippen molar-refractivity contribution in [1.29, 1.82) is 0 Å². The lowest BCUT2D eigenvalue weighted by Crippen LogP contribution is -2.07. The summed E-state index contributed by atoms with van der Waals surface area (Å²) in [5.41, 5.74) is 0. The van der Waals surface area contributed by atoms with E-state index in [1.807, 2.05) is 0 Å². The van der Waals surface area contributed by atoms with Crippen LogP contribution in [0.4, 0.5) is 0 Å². The Hall–Kier alpha value is -0.220. The van der Waals surface area contributed by atoms with E-state index in [4.69, 9.17) is 9.84 Å². The zero-order valence-corrected chi connectivity index (χ0v) is 13.2. The van der Waals surface area contributed by atoms with Gasteiger partial charge in [-0.2, -0.15) is 11.8 Å². The third kappa shape index (κ3) is 15.7. The molecule has 0 atom stereocenters. The Morgan fingerprint density at radius 3 is 2.26 bits per heavy atom. The molecule has 0 radical (unpaired) electrons. The van der Waals surface area contributed by atoms with Crippen molar-refractivity contribution in [2.75, 3.05) is 24.7 Å². The lowest BCUT2D eigenvalue weighted by Gasteiger charge is -2.05. The van der Waals surface area contributed by atoms with Gasteiger partial charge in [-0.25, -0.2) is 0 Å². The van der Waals surface area contributed by atoms with Crippen molar-refractivity contribution in [2.24, 2.45) is 0 Å². The number of ether oxygens (including phenoxy) is 1.